The van der Waals surface area contributed by atoms with Gasteiger partial charge in [-0.1, -0.05) is 20.8 Å². The molecule has 18 heavy (non-hydrogen) atoms. The Kier molecular flexibility index (Phi) is 3.62. The molecule has 0 aliphatic carbocycles. The minimum atomic E-state index is -1.65. The van der Waals surface area contributed by atoms with Gasteiger partial charge < -0.3 is 4.43 Å². The van der Waals surface area contributed by atoms with Gasteiger partial charge in [0.2, 0.25) is 0 Å². The van der Waals surface area contributed by atoms with Crippen molar-refractivity contribution in [1.82, 2.24) is 4.98 Å². The van der Waals surface area contributed by atoms with Gasteiger partial charge in [-0.3, -0.25) is 4.98 Å². The summed E-state index contributed by atoms with van der Waals surface area (Å²) < 4.78 is 7.48. The molecule has 98 valence electrons. The number of aromatic nitrogens is 1. The number of fused-ring (bicyclic) bond motifs is 1. The van der Waals surface area contributed by atoms with Crippen LogP contribution in [0.15, 0.2) is 24.5 Å². The third kappa shape index (κ3) is 2.82. The van der Waals surface area contributed by atoms with Gasteiger partial charge in [0, 0.05) is 17.3 Å². The maximum absolute atomic E-state index is 6.24. The normalized spacial score (nSPS) is 13.2. The lowest BCUT2D eigenvalue weighted by molar-refractivity contribution is 0.279. The average Bonchev–Trinajstić information content (AvgIpc) is 2.67. The Hall–Kier alpha value is -0.713. The van der Waals surface area contributed by atoms with E-state index in [0.29, 0.717) is 0 Å². The zero-order chi connectivity index (χ0) is 13.4. The molecule has 0 radical (unpaired) electrons. The third-order valence-electron chi connectivity index (χ3n) is 3.76. The SMILES string of the molecule is CC(C)(C)[Si](C)(C)OCc1cc2ccncc2s1. The molecule has 0 aliphatic rings. The first-order chi connectivity index (χ1) is 8.29. The maximum atomic E-state index is 6.24. The van der Waals surface area contributed by atoms with Crippen molar-refractivity contribution in [3.63, 3.8) is 0 Å². The van der Waals surface area contributed by atoms with Crippen LogP contribution in [0.3, 0.4) is 0 Å². The molecule has 0 spiro atoms. The van der Waals surface area contributed by atoms with Crippen LogP contribution in [0.5, 0.6) is 0 Å². The van der Waals surface area contributed by atoms with Crippen LogP contribution in [0.1, 0.15) is 25.6 Å². The van der Waals surface area contributed by atoms with Gasteiger partial charge in [0.25, 0.3) is 0 Å². The summed E-state index contributed by atoms with van der Waals surface area (Å²) in [6.45, 7) is 12.1. The monoisotopic (exact) mass is 279 g/mol. The van der Waals surface area contributed by atoms with Crippen LogP contribution in [0.25, 0.3) is 10.1 Å². The summed E-state index contributed by atoms with van der Waals surface area (Å²) in [5, 5.41) is 1.54. The van der Waals surface area contributed by atoms with Crippen molar-refractivity contribution in [2.24, 2.45) is 0 Å². The molecule has 0 aliphatic heterocycles. The number of hydrogen-bond donors (Lipinski definition) is 0. The largest absolute Gasteiger partial charge is 0.412 e. The van der Waals surface area contributed by atoms with Gasteiger partial charge in [0.1, 0.15) is 0 Å². The van der Waals surface area contributed by atoms with Gasteiger partial charge in [0.05, 0.1) is 11.3 Å². The minimum Gasteiger partial charge on any atom is -0.412 e. The van der Waals surface area contributed by atoms with E-state index in [1.807, 2.05) is 12.4 Å². The van der Waals surface area contributed by atoms with E-state index >= 15 is 0 Å². The first-order valence-electron chi connectivity index (χ1n) is 6.26. The van der Waals surface area contributed by atoms with Gasteiger partial charge in [-0.05, 0) is 35.7 Å². The molecule has 0 atom stereocenters. The van der Waals surface area contributed by atoms with Crippen molar-refractivity contribution >= 4 is 29.7 Å². The highest BCUT2D eigenvalue weighted by molar-refractivity contribution is 7.19. The summed E-state index contributed by atoms with van der Waals surface area (Å²) in [4.78, 5) is 5.45. The van der Waals surface area contributed by atoms with Crippen LogP contribution in [0, 0.1) is 0 Å². The molecular weight excluding hydrogens is 258 g/mol. The molecule has 0 unspecified atom stereocenters. The summed E-state index contributed by atoms with van der Waals surface area (Å²) in [7, 11) is -1.65. The first-order valence-corrected chi connectivity index (χ1v) is 9.98. The van der Waals surface area contributed by atoms with Gasteiger partial charge in [-0.2, -0.15) is 0 Å². The van der Waals surface area contributed by atoms with Crippen molar-refractivity contribution in [2.45, 2.75) is 45.5 Å². The molecule has 0 saturated carbocycles. The number of rotatable bonds is 3. The van der Waals surface area contributed by atoms with E-state index in [4.69, 9.17) is 4.43 Å². The van der Waals surface area contributed by atoms with E-state index in [1.54, 1.807) is 11.3 Å². The van der Waals surface area contributed by atoms with E-state index in [1.165, 1.54) is 15.0 Å². The summed E-state index contributed by atoms with van der Waals surface area (Å²) >= 11 is 1.78. The highest BCUT2D eigenvalue weighted by Gasteiger charge is 2.37. The Morgan fingerprint density at radius 2 is 2.06 bits per heavy atom. The standard InChI is InChI=1S/C14H21NOSSi/c1-14(2,3)18(4,5)16-10-12-8-11-6-7-15-9-13(11)17-12/h6-9H,10H2,1-5H3. The van der Waals surface area contributed by atoms with Crippen molar-refractivity contribution < 1.29 is 4.43 Å². The van der Waals surface area contributed by atoms with Crippen LogP contribution in [0.4, 0.5) is 0 Å². The molecule has 0 N–H and O–H groups in total. The second-order valence-electron chi connectivity index (χ2n) is 6.18. The van der Waals surface area contributed by atoms with E-state index in [-0.39, 0.29) is 5.04 Å². The number of thiophene rings is 1. The van der Waals surface area contributed by atoms with Gasteiger partial charge in [0.15, 0.2) is 8.32 Å². The van der Waals surface area contributed by atoms with Gasteiger partial charge in [-0.15, -0.1) is 11.3 Å². The molecular formula is C14H21NOSSi. The molecule has 2 aromatic rings. The Morgan fingerprint density at radius 1 is 1.33 bits per heavy atom. The third-order valence-corrected chi connectivity index (χ3v) is 9.29. The van der Waals surface area contributed by atoms with Crippen molar-refractivity contribution in [3.8, 4) is 0 Å². The second-order valence-corrected chi connectivity index (χ2v) is 12.2. The molecule has 2 nitrogen and oxygen atoms in total. The molecule has 4 heteroatoms. The lowest BCUT2D eigenvalue weighted by Gasteiger charge is -2.36. The number of hydrogen-bond acceptors (Lipinski definition) is 3. The fraction of sp³-hybridized carbons (Fsp3) is 0.500. The lowest BCUT2D eigenvalue weighted by Crippen LogP contribution is -2.40. The number of nitrogens with zero attached hydrogens (tertiary/aromatic N) is 1. The number of pyridine rings is 1. The predicted molar refractivity (Wildman–Crippen MR) is 81.6 cm³/mol. The molecule has 0 saturated heterocycles. The lowest BCUT2D eigenvalue weighted by atomic mass is 10.2. The van der Waals surface area contributed by atoms with Crippen LogP contribution < -0.4 is 0 Å². The van der Waals surface area contributed by atoms with E-state index < -0.39 is 8.32 Å². The Labute approximate surface area is 114 Å². The quantitative estimate of drug-likeness (QED) is 0.752. The van der Waals surface area contributed by atoms with Crippen molar-refractivity contribution in [3.05, 3.63) is 29.4 Å². The smallest absolute Gasteiger partial charge is 0.192 e. The van der Waals surface area contributed by atoms with E-state index in [2.05, 4.69) is 51.0 Å². The minimum absolute atomic E-state index is 0.269. The summed E-state index contributed by atoms with van der Waals surface area (Å²) in [6, 6.07) is 4.27. The van der Waals surface area contributed by atoms with E-state index in [0.717, 1.165) is 6.61 Å². The van der Waals surface area contributed by atoms with Crippen molar-refractivity contribution in [1.29, 1.82) is 0 Å². The highest BCUT2D eigenvalue weighted by atomic mass is 32.1. The zero-order valence-electron chi connectivity index (χ0n) is 11.8. The van der Waals surface area contributed by atoms with Crippen LogP contribution in [0.2, 0.25) is 18.1 Å². The Bertz CT molecular complexity index is 509. The van der Waals surface area contributed by atoms with Crippen LogP contribution in [-0.4, -0.2) is 13.3 Å². The van der Waals surface area contributed by atoms with Crippen LogP contribution in [-0.2, 0) is 11.0 Å². The zero-order valence-corrected chi connectivity index (χ0v) is 13.6. The molecule has 2 rings (SSSR count). The molecule has 0 amide bonds. The fourth-order valence-electron chi connectivity index (χ4n) is 1.48. The van der Waals surface area contributed by atoms with E-state index in [9.17, 15) is 0 Å². The maximum Gasteiger partial charge on any atom is 0.192 e. The average molecular weight is 279 g/mol. The molecule has 2 aromatic heterocycles. The first kappa shape index (κ1) is 13.7. The molecule has 0 aromatic carbocycles. The molecule has 2 heterocycles. The molecule has 0 bridgehead atoms. The highest BCUT2D eigenvalue weighted by Crippen LogP contribution is 2.37. The summed E-state index contributed by atoms with van der Waals surface area (Å²) in [6.07, 6.45) is 3.77. The van der Waals surface area contributed by atoms with Crippen molar-refractivity contribution in [2.75, 3.05) is 0 Å². The van der Waals surface area contributed by atoms with Gasteiger partial charge in [-0.25, -0.2) is 0 Å². The molecule has 0 fully saturated rings. The topological polar surface area (TPSA) is 22.1 Å². The Balaban J connectivity index is 2.11. The van der Waals surface area contributed by atoms with Crippen LogP contribution >= 0.6 is 11.3 Å². The summed E-state index contributed by atoms with van der Waals surface area (Å²) in [5.74, 6) is 0. The predicted octanol–water partition coefficient (Wildman–Crippen LogP) is 4.82. The second kappa shape index (κ2) is 4.76. The van der Waals surface area contributed by atoms with Gasteiger partial charge >= 0.3 is 0 Å². The Morgan fingerprint density at radius 3 is 2.67 bits per heavy atom. The summed E-state index contributed by atoms with van der Waals surface area (Å²) in [5.41, 5.74) is 0. The fourth-order valence-corrected chi connectivity index (χ4v) is 3.48.